The minimum absolute atomic E-state index is 0.156. The summed E-state index contributed by atoms with van der Waals surface area (Å²) in [7, 11) is 0.506. The number of aryl methyl sites for hydroxylation is 1. The smallest absolute Gasteiger partial charge is 0.181 e. The van der Waals surface area contributed by atoms with E-state index < -0.39 is 15.9 Å². The number of hydrogen-bond donors (Lipinski definition) is 2. The average molecular weight is 480 g/mol. The molecule has 0 bridgehead atoms. The van der Waals surface area contributed by atoms with Crippen molar-refractivity contribution >= 4 is 31.8 Å². The topological polar surface area (TPSA) is 95.5 Å². The molecule has 2 aromatic carbocycles. The zero-order valence-corrected chi connectivity index (χ0v) is 20.4. The number of aromatic nitrogens is 2. The van der Waals surface area contributed by atoms with Crippen LogP contribution in [-0.4, -0.2) is 67.0 Å². The van der Waals surface area contributed by atoms with Gasteiger partial charge >= 0.3 is 0 Å². The number of pyridine rings is 1. The largest absolute Gasteiger partial charge is 0.489 e. The van der Waals surface area contributed by atoms with E-state index in [1.54, 1.807) is 18.2 Å². The molecule has 34 heavy (non-hydrogen) atoms. The van der Waals surface area contributed by atoms with Gasteiger partial charge in [-0.1, -0.05) is 12.1 Å². The number of rotatable bonds is 8. The molecule has 2 N–H and O–H groups in total. The van der Waals surface area contributed by atoms with E-state index in [1.165, 1.54) is 0 Å². The first kappa shape index (κ1) is 22.8. The summed E-state index contributed by atoms with van der Waals surface area (Å²) in [4.78, 5) is 10.2. The third-order valence-corrected chi connectivity index (χ3v) is 8.41. The van der Waals surface area contributed by atoms with Gasteiger partial charge in [0.25, 0.3) is 0 Å². The van der Waals surface area contributed by atoms with E-state index in [0.717, 1.165) is 51.5 Å². The van der Waals surface area contributed by atoms with Crippen LogP contribution in [-0.2, 0) is 9.84 Å². The third-order valence-electron chi connectivity index (χ3n) is 6.15. The Kier molecular flexibility index (Phi) is 5.83. The Morgan fingerprint density at radius 1 is 1.21 bits per heavy atom. The highest BCUT2D eigenvalue weighted by Gasteiger charge is 2.37. The summed E-state index contributed by atoms with van der Waals surface area (Å²) >= 11 is 0. The monoisotopic (exact) mass is 479 g/mol. The zero-order valence-electron chi connectivity index (χ0n) is 19.6. The number of fused-ring (bicyclic) bond motifs is 3. The summed E-state index contributed by atoms with van der Waals surface area (Å²) in [6, 6.07) is 13.1. The highest BCUT2D eigenvalue weighted by atomic mass is 32.2. The van der Waals surface area contributed by atoms with Crippen LogP contribution in [0.1, 0.15) is 18.4 Å². The van der Waals surface area contributed by atoms with E-state index in [2.05, 4.69) is 16.0 Å². The van der Waals surface area contributed by atoms with Crippen molar-refractivity contribution in [1.29, 1.82) is 0 Å². The molecular formula is C26H29N3O4S. The van der Waals surface area contributed by atoms with E-state index in [9.17, 15) is 13.5 Å². The Labute approximate surface area is 199 Å². The van der Waals surface area contributed by atoms with Crippen LogP contribution in [0.3, 0.4) is 0 Å². The number of ether oxygens (including phenoxy) is 1. The summed E-state index contributed by atoms with van der Waals surface area (Å²) in [6.07, 6.45) is 2.65. The molecule has 4 aromatic rings. The number of aliphatic hydroxyl groups excluding tert-OH is 1. The molecule has 1 aliphatic rings. The Hall–Kier alpha value is -2.94. The highest BCUT2D eigenvalue weighted by Crippen LogP contribution is 2.40. The van der Waals surface area contributed by atoms with Crippen molar-refractivity contribution in [3.8, 4) is 16.9 Å². The number of nitrogens with one attached hydrogen (secondary N) is 1. The molecule has 178 valence electrons. The maximum Gasteiger partial charge on any atom is 0.181 e. The fourth-order valence-electron chi connectivity index (χ4n) is 4.40. The Balaban J connectivity index is 1.63. The van der Waals surface area contributed by atoms with E-state index in [4.69, 9.17) is 4.74 Å². The van der Waals surface area contributed by atoms with Gasteiger partial charge in [0.15, 0.2) is 9.84 Å². The Bertz CT molecular complexity index is 1470. The molecule has 5 rings (SSSR count). The number of H-pyrrole nitrogens is 1. The first-order chi connectivity index (χ1) is 16.2. The lowest BCUT2D eigenvalue weighted by Crippen LogP contribution is -2.30. The molecule has 2 heterocycles. The number of aromatic amines is 1. The Morgan fingerprint density at radius 2 is 2.00 bits per heavy atom. The van der Waals surface area contributed by atoms with Crippen molar-refractivity contribution in [2.75, 3.05) is 27.2 Å². The van der Waals surface area contributed by atoms with Crippen LogP contribution >= 0.6 is 0 Å². The van der Waals surface area contributed by atoms with Crippen LogP contribution in [0.2, 0.25) is 0 Å². The van der Waals surface area contributed by atoms with Gasteiger partial charge in [0.1, 0.15) is 24.1 Å². The quantitative estimate of drug-likeness (QED) is 0.398. The van der Waals surface area contributed by atoms with Gasteiger partial charge in [-0.15, -0.1) is 0 Å². The van der Waals surface area contributed by atoms with Crippen molar-refractivity contribution in [3.63, 3.8) is 0 Å². The van der Waals surface area contributed by atoms with Crippen molar-refractivity contribution < 1.29 is 18.3 Å². The molecule has 1 aliphatic carbocycles. The van der Waals surface area contributed by atoms with Crippen LogP contribution in [0.15, 0.2) is 53.6 Å². The summed E-state index contributed by atoms with van der Waals surface area (Å²) in [5, 5.41) is 11.9. The average Bonchev–Trinajstić information content (AvgIpc) is 3.59. The van der Waals surface area contributed by atoms with Crippen LogP contribution in [0.25, 0.3) is 33.1 Å². The number of benzene rings is 2. The molecule has 0 saturated heterocycles. The van der Waals surface area contributed by atoms with Gasteiger partial charge in [0.2, 0.25) is 0 Å². The van der Waals surface area contributed by atoms with Crippen LogP contribution in [0.5, 0.6) is 5.75 Å². The second-order valence-electron chi connectivity index (χ2n) is 9.39. The molecule has 1 saturated carbocycles. The Morgan fingerprint density at radius 3 is 2.74 bits per heavy atom. The third kappa shape index (κ3) is 4.29. The summed E-state index contributed by atoms with van der Waals surface area (Å²) in [5.74, 6) is 0.619. The molecule has 0 unspecified atom stereocenters. The van der Waals surface area contributed by atoms with E-state index in [-0.39, 0.29) is 11.9 Å². The molecule has 0 amide bonds. The first-order valence-electron chi connectivity index (χ1n) is 11.4. The summed E-state index contributed by atoms with van der Waals surface area (Å²) in [6.45, 7) is 2.65. The molecule has 0 radical (unpaired) electrons. The standard InChI is InChI=1S/C26H29N3O4S/c1-16-11-22-24-21(17-5-4-6-20(12-17)34(31,32)19-7-8-19)9-10-23(25(24)28-26(22)27-13-16)33-15-18(30)14-29(2)3/h4-6,9-13,18-19,30H,7-8,14-15H2,1-3H3,(H,27,28)/t18-/m0/s1. The van der Waals surface area contributed by atoms with Crippen LogP contribution in [0, 0.1) is 6.92 Å². The van der Waals surface area contributed by atoms with Gasteiger partial charge in [-0.2, -0.15) is 0 Å². The molecule has 2 aromatic heterocycles. The lowest BCUT2D eigenvalue weighted by atomic mass is 9.99. The van der Waals surface area contributed by atoms with Gasteiger partial charge in [-0.05, 0) is 80.9 Å². The number of hydrogen-bond acceptors (Lipinski definition) is 6. The van der Waals surface area contributed by atoms with Gasteiger partial charge < -0.3 is 19.7 Å². The molecule has 0 spiro atoms. The molecule has 1 fully saturated rings. The zero-order chi connectivity index (χ0) is 24.0. The van der Waals surface area contributed by atoms with Crippen LogP contribution in [0.4, 0.5) is 0 Å². The van der Waals surface area contributed by atoms with Crippen molar-refractivity contribution in [2.24, 2.45) is 0 Å². The lowest BCUT2D eigenvalue weighted by molar-refractivity contribution is 0.0837. The summed E-state index contributed by atoms with van der Waals surface area (Å²) < 4.78 is 31.7. The minimum atomic E-state index is -3.30. The van der Waals surface area contributed by atoms with Crippen molar-refractivity contribution in [3.05, 3.63) is 54.2 Å². The molecular weight excluding hydrogens is 450 g/mol. The maximum atomic E-state index is 12.9. The lowest BCUT2D eigenvalue weighted by Gasteiger charge is -2.17. The number of nitrogens with zero attached hydrogens (tertiary/aromatic N) is 2. The molecule has 7 nitrogen and oxygen atoms in total. The van der Waals surface area contributed by atoms with E-state index >= 15 is 0 Å². The second-order valence-corrected chi connectivity index (χ2v) is 11.6. The van der Waals surface area contributed by atoms with Crippen molar-refractivity contribution in [2.45, 2.75) is 36.0 Å². The molecule has 1 atom stereocenters. The minimum Gasteiger partial charge on any atom is -0.489 e. The fourth-order valence-corrected chi connectivity index (χ4v) is 6.10. The normalized spacial score (nSPS) is 15.3. The van der Waals surface area contributed by atoms with Gasteiger partial charge in [0, 0.05) is 23.5 Å². The highest BCUT2D eigenvalue weighted by molar-refractivity contribution is 7.92. The molecule has 8 heteroatoms. The van der Waals surface area contributed by atoms with Gasteiger partial charge in [-0.3, -0.25) is 0 Å². The fraction of sp³-hybridized carbons (Fsp3) is 0.346. The number of aliphatic hydroxyl groups is 1. The van der Waals surface area contributed by atoms with Crippen LogP contribution < -0.4 is 4.74 Å². The number of sulfone groups is 1. The maximum absolute atomic E-state index is 12.9. The predicted molar refractivity (Wildman–Crippen MR) is 134 cm³/mol. The SMILES string of the molecule is Cc1cnc2[nH]c3c(OC[C@@H](O)CN(C)C)ccc(-c4cccc(S(=O)(=O)C5CC5)c4)c3c2c1. The second kappa shape index (κ2) is 8.69. The molecule has 0 aliphatic heterocycles. The first-order valence-corrected chi connectivity index (χ1v) is 13.0. The van der Waals surface area contributed by atoms with E-state index in [1.807, 2.05) is 50.3 Å². The van der Waals surface area contributed by atoms with Crippen molar-refractivity contribution in [1.82, 2.24) is 14.9 Å². The predicted octanol–water partition coefficient (Wildman–Crippen LogP) is 3.93. The van der Waals surface area contributed by atoms with E-state index in [0.29, 0.717) is 17.2 Å². The summed E-state index contributed by atoms with van der Waals surface area (Å²) in [5.41, 5.74) is 4.26. The van der Waals surface area contributed by atoms with Gasteiger partial charge in [-0.25, -0.2) is 13.4 Å². The number of likely N-dealkylation sites (N-methyl/N-ethyl adjacent to an activating group) is 1. The van der Waals surface area contributed by atoms with Gasteiger partial charge in [0.05, 0.1) is 15.7 Å².